The van der Waals surface area contributed by atoms with Crippen LogP contribution in [0.5, 0.6) is 5.75 Å². The molecule has 9 heteroatoms. The Morgan fingerprint density at radius 1 is 1.26 bits per heavy atom. The molecule has 0 saturated heterocycles. The molecule has 2 heterocycles. The molecule has 8 nitrogen and oxygen atoms in total. The van der Waals surface area contributed by atoms with E-state index in [9.17, 15) is 14.4 Å². The maximum atomic E-state index is 12.3. The van der Waals surface area contributed by atoms with Crippen LogP contribution in [0.2, 0.25) is 5.02 Å². The highest BCUT2D eigenvalue weighted by Crippen LogP contribution is 2.41. The van der Waals surface area contributed by atoms with Crippen LogP contribution in [-0.2, 0) is 20.7 Å². The van der Waals surface area contributed by atoms with Crippen molar-refractivity contribution >= 4 is 35.1 Å². The summed E-state index contributed by atoms with van der Waals surface area (Å²) < 4.78 is 10.9. The van der Waals surface area contributed by atoms with E-state index in [1.54, 1.807) is 12.1 Å². The lowest BCUT2D eigenvalue weighted by Gasteiger charge is -2.15. The third-order valence-corrected chi connectivity index (χ3v) is 5.35. The van der Waals surface area contributed by atoms with Gasteiger partial charge in [0.05, 0.1) is 19.2 Å². The minimum atomic E-state index is -0.405. The van der Waals surface area contributed by atoms with Crippen LogP contribution in [0.3, 0.4) is 0 Å². The van der Waals surface area contributed by atoms with Crippen molar-refractivity contribution in [3.05, 3.63) is 52.5 Å². The number of methoxy groups -OCH3 is 1. The molecule has 2 amide bonds. The van der Waals surface area contributed by atoms with Crippen molar-refractivity contribution in [1.29, 1.82) is 0 Å². The number of nitrogens with zero attached hydrogens (tertiary/aromatic N) is 1. The van der Waals surface area contributed by atoms with Crippen molar-refractivity contribution in [3.8, 4) is 16.9 Å². The molecule has 1 unspecified atom stereocenters. The van der Waals surface area contributed by atoms with Crippen molar-refractivity contribution in [2.45, 2.75) is 25.4 Å². The molecule has 31 heavy (non-hydrogen) atoms. The lowest BCUT2D eigenvalue weighted by Crippen LogP contribution is -2.41. The number of amides is 2. The van der Waals surface area contributed by atoms with Crippen LogP contribution in [0.4, 0.5) is 0 Å². The highest BCUT2D eigenvalue weighted by molar-refractivity contribution is 6.39. The monoisotopic (exact) mass is 441 g/mol. The summed E-state index contributed by atoms with van der Waals surface area (Å²) in [5.41, 5.74) is 5.67. The zero-order valence-electron chi connectivity index (χ0n) is 16.7. The number of benzene rings is 2. The lowest BCUT2D eigenvalue weighted by atomic mass is 9.99. The first-order valence-electron chi connectivity index (χ1n) is 9.76. The molecule has 2 N–H and O–H groups in total. The molecule has 2 aliphatic heterocycles. The van der Waals surface area contributed by atoms with Crippen LogP contribution in [0.15, 0.2) is 41.5 Å². The number of ether oxygens (including phenoxy) is 2. The van der Waals surface area contributed by atoms with Gasteiger partial charge in [-0.05, 0) is 29.8 Å². The Morgan fingerprint density at radius 2 is 2.03 bits per heavy atom. The number of hydrazone groups is 1. The van der Waals surface area contributed by atoms with Gasteiger partial charge < -0.3 is 14.8 Å². The first-order chi connectivity index (χ1) is 14.9. The maximum absolute atomic E-state index is 12.3. The molecule has 0 aromatic heterocycles. The van der Waals surface area contributed by atoms with E-state index in [0.717, 1.165) is 16.7 Å². The second kappa shape index (κ2) is 8.77. The summed E-state index contributed by atoms with van der Waals surface area (Å²) in [6, 6.07) is 10.7. The molecule has 2 aromatic carbocycles. The van der Waals surface area contributed by atoms with Gasteiger partial charge in [0.15, 0.2) is 0 Å². The number of nitrogens with one attached hydrogen (secondary N) is 2. The van der Waals surface area contributed by atoms with Crippen LogP contribution in [0, 0.1) is 0 Å². The molecule has 1 atom stereocenters. The lowest BCUT2D eigenvalue weighted by molar-refractivity contribution is -0.121. The number of hydrogen-bond donors (Lipinski definition) is 2. The van der Waals surface area contributed by atoms with Crippen LogP contribution >= 0.6 is 11.6 Å². The van der Waals surface area contributed by atoms with Gasteiger partial charge >= 0.3 is 5.97 Å². The summed E-state index contributed by atoms with van der Waals surface area (Å²) in [5.74, 6) is -0.222. The van der Waals surface area contributed by atoms with Gasteiger partial charge in [-0.3, -0.25) is 9.59 Å². The molecule has 4 rings (SSSR count). The fourth-order valence-corrected chi connectivity index (χ4v) is 3.81. The van der Waals surface area contributed by atoms with Gasteiger partial charge in [-0.1, -0.05) is 23.7 Å². The predicted molar refractivity (Wildman–Crippen MR) is 114 cm³/mol. The van der Waals surface area contributed by atoms with Crippen LogP contribution in [0.1, 0.15) is 28.8 Å². The summed E-state index contributed by atoms with van der Waals surface area (Å²) >= 11 is 6.32. The number of halogens is 1. The Labute approximate surface area is 183 Å². The van der Waals surface area contributed by atoms with E-state index >= 15 is 0 Å². The van der Waals surface area contributed by atoms with Gasteiger partial charge in [0.25, 0.3) is 5.91 Å². The highest BCUT2D eigenvalue weighted by atomic mass is 35.5. The minimum Gasteiger partial charge on any atom is -0.487 e. The number of fused-ring (bicyclic) bond motifs is 1. The van der Waals surface area contributed by atoms with E-state index in [2.05, 4.69) is 15.8 Å². The molecule has 2 aromatic rings. The molecule has 2 aliphatic rings. The third kappa shape index (κ3) is 4.54. The van der Waals surface area contributed by atoms with Gasteiger partial charge in [0.2, 0.25) is 5.91 Å². The Hall–Kier alpha value is -3.39. The average Bonchev–Trinajstić information content (AvgIpc) is 3.19. The maximum Gasteiger partial charge on any atom is 0.337 e. The molecule has 0 spiro atoms. The smallest absolute Gasteiger partial charge is 0.337 e. The molecular formula is C22H20ClN3O5. The van der Waals surface area contributed by atoms with Crippen LogP contribution in [0.25, 0.3) is 11.1 Å². The van der Waals surface area contributed by atoms with E-state index in [-0.39, 0.29) is 24.3 Å². The quantitative estimate of drug-likeness (QED) is 0.693. The standard InChI is InChI=1S/C22H20ClN3O5/c1-30-22(29)13-4-2-12(3-5-13)17-10-15(23)8-14-9-16(31-20(14)17)11-24-21(28)18-6-7-19(27)26-25-18/h2-5,8,10,16H,6-7,9,11H2,1H3,(H,24,28)(H,26,27). The predicted octanol–water partition coefficient (Wildman–Crippen LogP) is 2.48. The Kier molecular flexibility index (Phi) is 5.90. The van der Waals surface area contributed by atoms with Gasteiger partial charge in [0.1, 0.15) is 17.6 Å². The normalized spacial score (nSPS) is 17.2. The first kappa shape index (κ1) is 20.9. The summed E-state index contributed by atoms with van der Waals surface area (Å²) in [4.78, 5) is 35.1. The van der Waals surface area contributed by atoms with E-state index in [0.29, 0.717) is 41.4 Å². The van der Waals surface area contributed by atoms with Gasteiger partial charge in [-0.15, -0.1) is 0 Å². The third-order valence-electron chi connectivity index (χ3n) is 5.14. The van der Waals surface area contributed by atoms with E-state index in [1.807, 2.05) is 24.3 Å². The van der Waals surface area contributed by atoms with Gasteiger partial charge in [-0.2, -0.15) is 5.10 Å². The van der Waals surface area contributed by atoms with Crippen LogP contribution < -0.4 is 15.5 Å². The topological polar surface area (TPSA) is 106 Å². The largest absolute Gasteiger partial charge is 0.487 e. The van der Waals surface area contributed by atoms with E-state index in [1.165, 1.54) is 7.11 Å². The van der Waals surface area contributed by atoms with Crippen molar-refractivity contribution in [2.75, 3.05) is 13.7 Å². The van der Waals surface area contributed by atoms with Crippen LogP contribution in [-0.4, -0.2) is 43.3 Å². The number of rotatable bonds is 5. The SMILES string of the molecule is COC(=O)c1ccc(-c2cc(Cl)cc3c2OC(CNC(=O)C2=NNC(=O)CC2)C3)cc1. The van der Waals surface area contributed by atoms with Crippen molar-refractivity contribution in [3.63, 3.8) is 0 Å². The van der Waals surface area contributed by atoms with Crippen molar-refractivity contribution in [1.82, 2.24) is 10.7 Å². The fraction of sp³-hybridized carbons (Fsp3) is 0.273. The molecule has 160 valence electrons. The molecule has 0 bridgehead atoms. The summed E-state index contributed by atoms with van der Waals surface area (Å²) in [6.45, 7) is 0.290. The first-order valence-corrected chi connectivity index (χ1v) is 10.1. The second-order valence-corrected chi connectivity index (χ2v) is 7.69. The molecule has 0 saturated carbocycles. The minimum absolute atomic E-state index is 0.199. The molecule has 0 aliphatic carbocycles. The molecule has 0 radical (unpaired) electrons. The van der Waals surface area contributed by atoms with Crippen molar-refractivity contribution in [2.24, 2.45) is 5.10 Å². The summed E-state index contributed by atoms with van der Waals surface area (Å²) in [7, 11) is 1.34. The zero-order valence-corrected chi connectivity index (χ0v) is 17.5. The molecule has 0 fully saturated rings. The molecular weight excluding hydrogens is 422 g/mol. The Morgan fingerprint density at radius 3 is 2.71 bits per heavy atom. The number of hydrogen-bond acceptors (Lipinski definition) is 6. The Balaban J connectivity index is 1.47. The number of carbonyl (C=O) groups is 3. The Bertz CT molecular complexity index is 1080. The average molecular weight is 442 g/mol. The van der Waals surface area contributed by atoms with Gasteiger partial charge in [0, 0.05) is 35.4 Å². The zero-order chi connectivity index (χ0) is 22.0. The number of esters is 1. The fourth-order valence-electron chi connectivity index (χ4n) is 3.57. The second-order valence-electron chi connectivity index (χ2n) is 7.26. The number of carbonyl (C=O) groups excluding carboxylic acids is 3. The van der Waals surface area contributed by atoms with Gasteiger partial charge in [-0.25, -0.2) is 10.2 Å². The highest BCUT2D eigenvalue weighted by Gasteiger charge is 2.28. The van der Waals surface area contributed by atoms with Crippen molar-refractivity contribution < 1.29 is 23.9 Å². The van der Waals surface area contributed by atoms with E-state index < -0.39 is 5.97 Å². The summed E-state index contributed by atoms with van der Waals surface area (Å²) in [5, 5.41) is 7.19. The summed E-state index contributed by atoms with van der Waals surface area (Å²) in [6.07, 6.45) is 0.885. The van der Waals surface area contributed by atoms with E-state index in [4.69, 9.17) is 21.1 Å².